The number of rotatable bonds is 7. The molecular formula is C24H22N2O5S2. The van der Waals surface area contributed by atoms with Gasteiger partial charge in [-0.1, -0.05) is 36.4 Å². The van der Waals surface area contributed by atoms with Crippen molar-refractivity contribution in [2.24, 2.45) is 0 Å². The largest absolute Gasteiger partial charge is 0.496 e. The van der Waals surface area contributed by atoms with Crippen molar-refractivity contribution < 1.29 is 21.6 Å². The van der Waals surface area contributed by atoms with E-state index < -0.39 is 20.0 Å². The van der Waals surface area contributed by atoms with E-state index >= 15 is 0 Å². The second-order valence-electron chi connectivity index (χ2n) is 7.39. The molecule has 0 bridgehead atoms. The van der Waals surface area contributed by atoms with Gasteiger partial charge in [0.1, 0.15) is 5.75 Å². The molecule has 0 saturated carbocycles. The summed E-state index contributed by atoms with van der Waals surface area (Å²) in [4.78, 5) is 0.0915. The van der Waals surface area contributed by atoms with E-state index in [-0.39, 0.29) is 15.5 Å². The predicted octanol–water partition coefficient (Wildman–Crippen LogP) is 4.76. The molecule has 0 radical (unpaired) electrons. The summed E-state index contributed by atoms with van der Waals surface area (Å²) >= 11 is 0. The first-order valence-electron chi connectivity index (χ1n) is 9.98. The van der Waals surface area contributed by atoms with Gasteiger partial charge in [-0.15, -0.1) is 0 Å². The van der Waals surface area contributed by atoms with Gasteiger partial charge in [-0.3, -0.25) is 9.44 Å². The highest BCUT2D eigenvalue weighted by Gasteiger charge is 2.18. The van der Waals surface area contributed by atoms with Crippen molar-refractivity contribution in [3.05, 3.63) is 90.5 Å². The molecule has 9 heteroatoms. The maximum atomic E-state index is 12.9. The number of nitrogens with one attached hydrogen (secondary N) is 2. The van der Waals surface area contributed by atoms with Gasteiger partial charge in [0.2, 0.25) is 0 Å². The van der Waals surface area contributed by atoms with Crippen molar-refractivity contribution in [2.75, 3.05) is 16.6 Å². The molecule has 0 heterocycles. The van der Waals surface area contributed by atoms with Crippen molar-refractivity contribution in [1.82, 2.24) is 0 Å². The zero-order chi connectivity index (χ0) is 23.6. The third-order valence-corrected chi connectivity index (χ3v) is 7.89. The van der Waals surface area contributed by atoms with Gasteiger partial charge in [-0.25, -0.2) is 16.8 Å². The summed E-state index contributed by atoms with van der Waals surface area (Å²) in [7, 11) is -6.21. The van der Waals surface area contributed by atoms with Crippen LogP contribution in [-0.2, 0) is 20.0 Å². The molecule has 7 nitrogen and oxygen atoms in total. The number of anilines is 2. The van der Waals surface area contributed by atoms with Crippen molar-refractivity contribution in [2.45, 2.75) is 16.7 Å². The molecule has 0 aliphatic heterocycles. The SMILES string of the molecule is COc1ccc(S(=O)(=O)Nc2ccc(S(=O)(=O)Nc3cccc4ccccc34)cc2)cc1C. The molecule has 4 rings (SSSR count). The second kappa shape index (κ2) is 8.76. The minimum Gasteiger partial charge on any atom is -0.496 e. The molecule has 0 fully saturated rings. The summed E-state index contributed by atoms with van der Waals surface area (Å²) in [5, 5.41) is 1.69. The van der Waals surface area contributed by atoms with E-state index in [2.05, 4.69) is 9.44 Å². The van der Waals surface area contributed by atoms with E-state index in [4.69, 9.17) is 4.74 Å². The monoisotopic (exact) mass is 482 g/mol. The smallest absolute Gasteiger partial charge is 0.261 e. The van der Waals surface area contributed by atoms with E-state index in [1.165, 1.54) is 43.5 Å². The molecule has 170 valence electrons. The maximum Gasteiger partial charge on any atom is 0.261 e. The van der Waals surface area contributed by atoms with Gasteiger partial charge in [-0.05, 0) is 66.4 Å². The highest BCUT2D eigenvalue weighted by atomic mass is 32.2. The fourth-order valence-electron chi connectivity index (χ4n) is 3.45. The lowest BCUT2D eigenvalue weighted by molar-refractivity contribution is 0.411. The molecule has 0 aromatic heterocycles. The average molecular weight is 483 g/mol. The number of fused-ring (bicyclic) bond motifs is 1. The minimum absolute atomic E-state index is 0.0127. The van der Waals surface area contributed by atoms with Gasteiger partial charge in [-0.2, -0.15) is 0 Å². The lowest BCUT2D eigenvalue weighted by atomic mass is 10.1. The summed E-state index contributed by atoms with van der Waals surface area (Å²) in [6.45, 7) is 1.75. The molecular weight excluding hydrogens is 460 g/mol. The van der Waals surface area contributed by atoms with Crippen molar-refractivity contribution in [3.8, 4) is 5.75 Å². The van der Waals surface area contributed by atoms with Gasteiger partial charge in [0.05, 0.1) is 22.6 Å². The molecule has 0 aliphatic rings. The van der Waals surface area contributed by atoms with Crippen LogP contribution in [0, 0.1) is 6.92 Å². The quantitative estimate of drug-likeness (QED) is 0.396. The van der Waals surface area contributed by atoms with E-state index in [1.54, 1.807) is 25.1 Å². The molecule has 33 heavy (non-hydrogen) atoms. The fourth-order valence-corrected chi connectivity index (χ4v) is 5.68. The Morgan fingerprint density at radius 2 is 1.33 bits per heavy atom. The van der Waals surface area contributed by atoms with Crippen LogP contribution in [0.3, 0.4) is 0 Å². The Morgan fingerprint density at radius 3 is 2.03 bits per heavy atom. The lowest BCUT2D eigenvalue weighted by Crippen LogP contribution is -2.15. The van der Waals surface area contributed by atoms with Crippen molar-refractivity contribution >= 4 is 42.2 Å². The first-order chi connectivity index (χ1) is 15.7. The molecule has 0 unspecified atom stereocenters. The standard InChI is InChI=1S/C24H22N2O5S2/c1-17-16-21(14-15-24(17)31-2)33(29,30)25-19-10-12-20(13-11-19)32(27,28)26-23-9-5-7-18-6-3-4-8-22(18)23/h3-16,25-26H,1-2H3. The van der Waals surface area contributed by atoms with Crippen LogP contribution in [0.5, 0.6) is 5.75 Å². The highest BCUT2D eigenvalue weighted by molar-refractivity contribution is 7.93. The summed E-state index contributed by atoms with van der Waals surface area (Å²) in [6.07, 6.45) is 0. The lowest BCUT2D eigenvalue weighted by Gasteiger charge is -2.12. The van der Waals surface area contributed by atoms with Crippen LogP contribution in [0.15, 0.2) is 94.7 Å². The summed E-state index contributed by atoms with van der Waals surface area (Å²) in [5.41, 5.74) is 1.39. The molecule has 0 atom stereocenters. The minimum atomic E-state index is -3.87. The third kappa shape index (κ3) is 4.79. The van der Waals surface area contributed by atoms with Gasteiger partial charge < -0.3 is 4.74 Å². The predicted molar refractivity (Wildman–Crippen MR) is 130 cm³/mol. The van der Waals surface area contributed by atoms with E-state index in [0.717, 1.165) is 10.8 Å². The number of methoxy groups -OCH3 is 1. The molecule has 4 aromatic carbocycles. The van der Waals surface area contributed by atoms with Crippen LogP contribution < -0.4 is 14.2 Å². The number of benzene rings is 4. The van der Waals surface area contributed by atoms with Crippen LogP contribution in [0.4, 0.5) is 11.4 Å². The first-order valence-corrected chi connectivity index (χ1v) is 12.9. The third-order valence-electron chi connectivity index (χ3n) is 5.13. The first kappa shape index (κ1) is 22.6. The van der Waals surface area contributed by atoms with E-state index in [9.17, 15) is 16.8 Å². The Kier molecular flexibility index (Phi) is 6.01. The zero-order valence-corrected chi connectivity index (χ0v) is 19.6. The second-order valence-corrected chi connectivity index (χ2v) is 10.8. The summed E-state index contributed by atoms with van der Waals surface area (Å²) < 4.78 is 61.5. The fraction of sp³-hybridized carbons (Fsp3) is 0.0833. The average Bonchev–Trinajstić information content (AvgIpc) is 2.79. The number of ether oxygens (including phenoxy) is 1. The highest BCUT2D eigenvalue weighted by Crippen LogP contribution is 2.27. The van der Waals surface area contributed by atoms with Crippen LogP contribution in [-0.4, -0.2) is 23.9 Å². The van der Waals surface area contributed by atoms with Gasteiger partial charge >= 0.3 is 0 Å². The Hall–Kier alpha value is -3.56. The van der Waals surface area contributed by atoms with Gasteiger partial charge in [0.25, 0.3) is 20.0 Å². The molecule has 4 aromatic rings. The summed E-state index contributed by atoms with van der Waals surface area (Å²) in [6, 6.07) is 22.9. The van der Waals surface area contributed by atoms with Crippen LogP contribution in [0.25, 0.3) is 10.8 Å². The molecule has 0 saturated heterocycles. The Bertz CT molecular complexity index is 1530. The Balaban J connectivity index is 1.55. The number of hydrogen-bond donors (Lipinski definition) is 2. The van der Waals surface area contributed by atoms with E-state index in [1.807, 2.05) is 30.3 Å². The van der Waals surface area contributed by atoms with Crippen LogP contribution >= 0.6 is 0 Å². The normalized spacial score (nSPS) is 11.8. The maximum absolute atomic E-state index is 12.9. The Labute approximate surface area is 193 Å². The Morgan fingerprint density at radius 1 is 0.697 bits per heavy atom. The van der Waals surface area contributed by atoms with Crippen LogP contribution in [0.1, 0.15) is 5.56 Å². The number of aryl methyl sites for hydroxylation is 1. The summed E-state index contributed by atoms with van der Waals surface area (Å²) in [5.74, 6) is 0.585. The molecule has 0 aliphatic carbocycles. The molecule has 2 N–H and O–H groups in total. The van der Waals surface area contributed by atoms with Crippen LogP contribution in [0.2, 0.25) is 0 Å². The number of sulfonamides is 2. The van der Waals surface area contributed by atoms with Crippen molar-refractivity contribution in [3.63, 3.8) is 0 Å². The topological polar surface area (TPSA) is 102 Å². The van der Waals surface area contributed by atoms with Gasteiger partial charge in [0, 0.05) is 11.1 Å². The molecule has 0 spiro atoms. The zero-order valence-electron chi connectivity index (χ0n) is 17.9. The van der Waals surface area contributed by atoms with E-state index in [0.29, 0.717) is 17.0 Å². The van der Waals surface area contributed by atoms with Crippen molar-refractivity contribution in [1.29, 1.82) is 0 Å². The molecule has 0 amide bonds. The number of hydrogen-bond acceptors (Lipinski definition) is 5. The van der Waals surface area contributed by atoms with Gasteiger partial charge in [0.15, 0.2) is 0 Å².